The van der Waals surface area contributed by atoms with E-state index in [1.165, 1.54) is 24.4 Å². The summed E-state index contributed by atoms with van der Waals surface area (Å²) in [5, 5.41) is 0. The Hall–Kier alpha value is -0.650. The molecule has 0 amide bonds. The maximum absolute atomic E-state index is 12.8. The van der Waals surface area contributed by atoms with E-state index >= 15 is 0 Å². The lowest BCUT2D eigenvalue weighted by molar-refractivity contribution is 0.272. The fraction of sp³-hybridized carbons (Fsp3) is 0.667. The molecule has 0 aromatic carbocycles. The second-order valence-corrected chi connectivity index (χ2v) is 7.80. The van der Waals surface area contributed by atoms with Crippen LogP contribution in [-0.2, 0) is 0 Å². The van der Waals surface area contributed by atoms with Crippen LogP contribution in [0.3, 0.4) is 0 Å². The number of hydrogen-bond donors (Lipinski definition) is 1. The highest BCUT2D eigenvalue weighted by Gasteiger charge is 2.23. The third-order valence-corrected chi connectivity index (χ3v) is 5.19. The largest absolute Gasteiger partial charge is 0.323 e. The first-order valence-electron chi connectivity index (χ1n) is 7.20. The molecule has 3 nitrogen and oxygen atoms in total. The normalized spacial score (nSPS) is 21.4. The van der Waals surface area contributed by atoms with E-state index in [9.17, 15) is 4.39 Å². The van der Waals surface area contributed by atoms with Crippen molar-refractivity contribution in [2.45, 2.75) is 37.5 Å². The zero-order valence-electron chi connectivity index (χ0n) is 12.3. The van der Waals surface area contributed by atoms with Gasteiger partial charge in [-0.3, -0.25) is 4.98 Å². The van der Waals surface area contributed by atoms with E-state index in [0.29, 0.717) is 4.75 Å². The molecular formula is C15H24FN3S. The summed E-state index contributed by atoms with van der Waals surface area (Å²) < 4.78 is 13.2. The van der Waals surface area contributed by atoms with Crippen LogP contribution in [-0.4, -0.2) is 40.0 Å². The molecule has 1 atom stereocenters. The highest BCUT2D eigenvalue weighted by atomic mass is 32.2. The second-order valence-electron chi connectivity index (χ2n) is 6.00. The lowest BCUT2D eigenvalue weighted by Crippen LogP contribution is -2.30. The summed E-state index contributed by atoms with van der Waals surface area (Å²) in [6.07, 6.45) is 3.31. The van der Waals surface area contributed by atoms with Gasteiger partial charge >= 0.3 is 0 Å². The number of nitrogens with zero attached hydrogens (tertiary/aromatic N) is 2. The molecule has 1 aliphatic rings. The molecule has 1 aromatic rings. The van der Waals surface area contributed by atoms with E-state index < -0.39 is 0 Å². The lowest BCUT2D eigenvalue weighted by Gasteiger charge is -2.23. The maximum atomic E-state index is 12.8. The standard InChI is InChI=1S/C15H24FN3S/c1-15(2)6-8-19(9-10-20-15)7-5-13(17)14-4-3-12(16)11-18-14/h3-4,11,13H,5-10,17H2,1-2H3. The Bertz CT molecular complexity index is 422. The number of halogens is 1. The molecule has 0 saturated carbocycles. The average molecular weight is 297 g/mol. The molecule has 2 heterocycles. The summed E-state index contributed by atoms with van der Waals surface area (Å²) in [5.41, 5.74) is 6.91. The van der Waals surface area contributed by atoms with Crippen molar-refractivity contribution in [2.24, 2.45) is 5.73 Å². The van der Waals surface area contributed by atoms with E-state index in [2.05, 4.69) is 35.5 Å². The molecule has 2 rings (SSSR count). The van der Waals surface area contributed by atoms with Gasteiger partial charge in [0.25, 0.3) is 0 Å². The molecular weight excluding hydrogens is 273 g/mol. The number of thioether (sulfide) groups is 1. The summed E-state index contributed by atoms with van der Waals surface area (Å²) in [6, 6.07) is 2.99. The Balaban J connectivity index is 1.81. The number of aromatic nitrogens is 1. The molecule has 0 spiro atoms. The highest BCUT2D eigenvalue weighted by Crippen LogP contribution is 2.30. The molecule has 20 heavy (non-hydrogen) atoms. The zero-order valence-corrected chi connectivity index (χ0v) is 13.1. The van der Waals surface area contributed by atoms with Gasteiger partial charge in [0.15, 0.2) is 0 Å². The van der Waals surface area contributed by atoms with Gasteiger partial charge in [-0.1, -0.05) is 13.8 Å². The van der Waals surface area contributed by atoms with E-state index in [1.807, 2.05) is 0 Å². The summed E-state index contributed by atoms with van der Waals surface area (Å²) in [6.45, 7) is 7.86. The molecule has 1 saturated heterocycles. The first kappa shape index (κ1) is 15.7. The predicted octanol–water partition coefficient (Wildman–Crippen LogP) is 2.83. The summed E-state index contributed by atoms with van der Waals surface area (Å²) in [5.74, 6) is 0.865. The van der Waals surface area contributed by atoms with Crippen molar-refractivity contribution in [2.75, 3.05) is 25.4 Å². The van der Waals surface area contributed by atoms with Gasteiger partial charge in [-0.25, -0.2) is 4.39 Å². The minimum Gasteiger partial charge on any atom is -0.323 e. The smallest absolute Gasteiger partial charge is 0.141 e. The Labute approximate surface area is 125 Å². The summed E-state index contributed by atoms with van der Waals surface area (Å²) >= 11 is 2.05. The lowest BCUT2D eigenvalue weighted by atomic mass is 10.1. The Morgan fingerprint density at radius 2 is 2.25 bits per heavy atom. The Kier molecular flexibility index (Phi) is 5.41. The first-order chi connectivity index (χ1) is 9.46. The van der Waals surface area contributed by atoms with E-state index in [1.54, 1.807) is 6.07 Å². The SMILES string of the molecule is CC1(C)CCN(CCC(N)c2ccc(F)cn2)CCS1. The average Bonchev–Trinajstić information content (AvgIpc) is 2.58. The second kappa shape index (κ2) is 6.87. The van der Waals surface area contributed by atoms with Crippen LogP contribution in [0, 0.1) is 5.82 Å². The third-order valence-electron chi connectivity index (χ3n) is 3.82. The highest BCUT2D eigenvalue weighted by molar-refractivity contribution is 8.00. The third kappa shape index (κ3) is 4.72. The monoisotopic (exact) mass is 297 g/mol. The van der Waals surface area contributed by atoms with Gasteiger partial charge < -0.3 is 10.6 Å². The quantitative estimate of drug-likeness (QED) is 0.928. The molecule has 0 bridgehead atoms. The minimum atomic E-state index is -0.312. The number of nitrogens with two attached hydrogens (primary N) is 1. The van der Waals surface area contributed by atoms with Crippen molar-refractivity contribution in [1.29, 1.82) is 0 Å². The molecule has 0 radical (unpaired) electrons. The minimum absolute atomic E-state index is 0.112. The Morgan fingerprint density at radius 1 is 1.45 bits per heavy atom. The molecule has 5 heteroatoms. The molecule has 1 aromatic heterocycles. The van der Waals surface area contributed by atoms with E-state index in [0.717, 1.165) is 31.7 Å². The number of hydrogen-bond acceptors (Lipinski definition) is 4. The van der Waals surface area contributed by atoms with Crippen LogP contribution >= 0.6 is 11.8 Å². The maximum Gasteiger partial charge on any atom is 0.141 e. The molecule has 1 aliphatic heterocycles. The van der Waals surface area contributed by atoms with Crippen molar-refractivity contribution in [3.05, 3.63) is 29.8 Å². The molecule has 1 unspecified atom stereocenters. The van der Waals surface area contributed by atoms with Gasteiger partial charge in [-0.05, 0) is 31.5 Å². The first-order valence-corrected chi connectivity index (χ1v) is 8.18. The summed E-state index contributed by atoms with van der Waals surface area (Å²) in [4.78, 5) is 6.54. The van der Waals surface area contributed by atoms with Crippen LogP contribution in [0.5, 0.6) is 0 Å². The van der Waals surface area contributed by atoms with Crippen molar-refractivity contribution in [3.8, 4) is 0 Å². The molecule has 1 fully saturated rings. The fourth-order valence-electron chi connectivity index (χ4n) is 2.36. The van der Waals surface area contributed by atoms with E-state index in [4.69, 9.17) is 5.73 Å². The van der Waals surface area contributed by atoms with Crippen LogP contribution in [0.2, 0.25) is 0 Å². The molecule has 112 valence electrons. The topological polar surface area (TPSA) is 42.1 Å². The molecule has 0 aliphatic carbocycles. The fourth-order valence-corrected chi connectivity index (χ4v) is 3.50. The zero-order chi connectivity index (χ0) is 14.6. The van der Waals surface area contributed by atoms with Gasteiger partial charge in [0, 0.05) is 29.6 Å². The van der Waals surface area contributed by atoms with Gasteiger partial charge in [0.05, 0.1) is 11.9 Å². The summed E-state index contributed by atoms with van der Waals surface area (Å²) in [7, 11) is 0. The number of rotatable bonds is 4. The van der Waals surface area contributed by atoms with Gasteiger partial charge in [-0.2, -0.15) is 11.8 Å². The Morgan fingerprint density at radius 3 is 2.95 bits per heavy atom. The molecule has 2 N–H and O–H groups in total. The van der Waals surface area contributed by atoms with Gasteiger partial charge in [0.1, 0.15) is 5.82 Å². The van der Waals surface area contributed by atoms with Crippen molar-refractivity contribution < 1.29 is 4.39 Å². The van der Waals surface area contributed by atoms with Crippen LogP contribution in [0.15, 0.2) is 18.3 Å². The van der Waals surface area contributed by atoms with Crippen molar-refractivity contribution in [3.63, 3.8) is 0 Å². The van der Waals surface area contributed by atoms with Crippen LogP contribution in [0.25, 0.3) is 0 Å². The predicted molar refractivity (Wildman–Crippen MR) is 83.3 cm³/mol. The van der Waals surface area contributed by atoms with Crippen molar-refractivity contribution >= 4 is 11.8 Å². The van der Waals surface area contributed by atoms with Crippen LogP contribution in [0.4, 0.5) is 4.39 Å². The van der Waals surface area contributed by atoms with Crippen LogP contribution < -0.4 is 5.73 Å². The van der Waals surface area contributed by atoms with Gasteiger partial charge in [0.2, 0.25) is 0 Å². The number of pyridine rings is 1. The van der Waals surface area contributed by atoms with Crippen LogP contribution in [0.1, 0.15) is 38.4 Å². The van der Waals surface area contributed by atoms with E-state index in [-0.39, 0.29) is 11.9 Å². The van der Waals surface area contributed by atoms with Gasteiger partial charge in [-0.15, -0.1) is 0 Å². The van der Waals surface area contributed by atoms with Crippen molar-refractivity contribution in [1.82, 2.24) is 9.88 Å².